The summed E-state index contributed by atoms with van der Waals surface area (Å²) in [4.78, 5) is 14.5. The number of hydrogen-bond acceptors (Lipinski definition) is 4. The molecule has 0 atom stereocenters. The van der Waals surface area contributed by atoms with Gasteiger partial charge >= 0.3 is 0 Å². The van der Waals surface area contributed by atoms with E-state index in [4.69, 9.17) is 0 Å². The second-order valence-electron chi connectivity index (χ2n) is 7.77. The fourth-order valence-electron chi connectivity index (χ4n) is 4.14. The highest BCUT2D eigenvalue weighted by atomic mass is 15.3. The molecule has 1 aromatic carbocycles. The van der Waals surface area contributed by atoms with E-state index < -0.39 is 0 Å². The molecule has 0 unspecified atom stereocenters. The van der Waals surface area contributed by atoms with Crippen LogP contribution < -0.4 is 10.2 Å². The molecular weight excluding hydrogens is 348 g/mol. The molecule has 0 bridgehead atoms. The number of para-hydroxylation sites is 1. The smallest absolute Gasteiger partial charge is 0.193 e. The Morgan fingerprint density at radius 3 is 2.21 bits per heavy atom. The molecular formula is C22H38N6. The van der Waals surface area contributed by atoms with Crippen molar-refractivity contribution in [1.82, 2.24) is 20.0 Å². The lowest BCUT2D eigenvalue weighted by molar-refractivity contribution is 0.136. The van der Waals surface area contributed by atoms with Crippen molar-refractivity contribution >= 4 is 11.6 Å². The van der Waals surface area contributed by atoms with Gasteiger partial charge in [0, 0.05) is 71.6 Å². The third kappa shape index (κ3) is 6.11. The summed E-state index contributed by atoms with van der Waals surface area (Å²) < 4.78 is 0. The number of rotatable bonds is 7. The first-order valence-corrected chi connectivity index (χ1v) is 11.0. The quantitative estimate of drug-likeness (QED) is 0.439. The Bertz CT molecular complexity index is 574. The maximum atomic E-state index is 4.51. The van der Waals surface area contributed by atoms with Gasteiger partial charge in [0.05, 0.1) is 0 Å². The van der Waals surface area contributed by atoms with Gasteiger partial charge in [-0.3, -0.25) is 4.99 Å². The molecule has 0 aromatic heterocycles. The van der Waals surface area contributed by atoms with Crippen LogP contribution in [0.4, 0.5) is 5.69 Å². The number of piperazine rings is 2. The minimum absolute atomic E-state index is 1.01. The highest BCUT2D eigenvalue weighted by Crippen LogP contribution is 2.15. The molecule has 2 aliphatic heterocycles. The van der Waals surface area contributed by atoms with E-state index >= 15 is 0 Å². The molecule has 0 amide bonds. The Morgan fingerprint density at radius 1 is 0.893 bits per heavy atom. The number of anilines is 1. The lowest BCUT2D eigenvalue weighted by atomic mass is 10.2. The van der Waals surface area contributed by atoms with Crippen LogP contribution in [0.2, 0.25) is 0 Å². The van der Waals surface area contributed by atoms with Gasteiger partial charge in [-0.1, -0.05) is 25.1 Å². The van der Waals surface area contributed by atoms with Gasteiger partial charge in [-0.25, -0.2) is 0 Å². The number of nitrogens with one attached hydrogen (secondary N) is 1. The summed E-state index contributed by atoms with van der Waals surface area (Å²) >= 11 is 0. The summed E-state index contributed by atoms with van der Waals surface area (Å²) in [6.07, 6.45) is 2.47. The number of benzene rings is 1. The Kier molecular flexibility index (Phi) is 8.42. The van der Waals surface area contributed by atoms with E-state index in [2.05, 4.69) is 67.2 Å². The molecule has 28 heavy (non-hydrogen) atoms. The minimum Gasteiger partial charge on any atom is -0.368 e. The van der Waals surface area contributed by atoms with Crippen molar-refractivity contribution in [2.45, 2.75) is 19.8 Å². The monoisotopic (exact) mass is 386 g/mol. The van der Waals surface area contributed by atoms with E-state index in [-0.39, 0.29) is 0 Å². The zero-order valence-electron chi connectivity index (χ0n) is 17.8. The third-order valence-corrected chi connectivity index (χ3v) is 6.01. The SMILES string of the molecule is CCN1CCN(CCCCNC(=NC)N2CCN(c3ccccc3)CC2)CC1. The van der Waals surface area contributed by atoms with E-state index in [1.807, 2.05) is 7.05 Å². The van der Waals surface area contributed by atoms with Crippen LogP contribution in [0.1, 0.15) is 19.8 Å². The molecule has 0 saturated carbocycles. The first-order valence-electron chi connectivity index (χ1n) is 11.0. The average molecular weight is 387 g/mol. The predicted octanol–water partition coefficient (Wildman–Crippen LogP) is 1.80. The first kappa shape index (κ1) is 20.9. The summed E-state index contributed by atoms with van der Waals surface area (Å²) in [6, 6.07) is 10.7. The fourth-order valence-corrected chi connectivity index (χ4v) is 4.14. The molecule has 2 fully saturated rings. The lowest BCUT2D eigenvalue weighted by Gasteiger charge is -2.37. The van der Waals surface area contributed by atoms with Crippen molar-refractivity contribution in [2.24, 2.45) is 4.99 Å². The van der Waals surface area contributed by atoms with Gasteiger partial charge in [-0.2, -0.15) is 0 Å². The summed E-state index contributed by atoms with van der Waals surface area (Å²) in [5, 5.41) is 3.58. The topological polar surface area (TPSA) is 37.4 Å². The summed E-state index contributed by atoms with van der Waals surface area (Å²) in [7, 11) is 1.90. The predicted molar refractivity (Wildman–Crippen MR) is 119 cm³/mol. The number of nitrogens with zero attached hydrogens (tertiary/aromatic N) is 5. The van der Waals surface area contributed by atoms with Gasteiger partial charge < -0.3 is 24.9 Å². The van der Waals surface area contributed by atoms with E-state index in [0.717, 1.165) is 38.7 Å². The summed E-state index contributed by atoms with van der Waals surface area (Å²) in [6.45, 7) is 14.8. The number of guanidine groups is 1. The molecule has 2 aliphatic rings. The standard InChI is InChI=1S/C22H38N6/c1-3-25-13-15-26(16-14-25)12-8-7-11-24-22(23-2)28-19-17-27(18-20-28)21-9-5-4-6-10-21/h4-6,9-10H,3,7-8,11-20H2,1-2H3,(H,23,24). The zero-order valence-corrected chi connectivity index (χ0v) is 17.8. The van der Waals surface area contributed by atoms with Crippen LogP contribution in [0.3, 0.4) is 0 Å². The van der Waals surface area contributed by atoms with Crippen molar-refractivity contribution < 1.29 is 0 Å². The Hall–Kier alpha value is -1.79. The van der Waals surface area contributed by atoms with Crippen LogP contribution >= 0.6 is 0 Å². The Morgan fingerprint density at radius 2 is 1.57 bits per heavy atom. The molecule has 156 valence electrons. The van der Waals surface area contributed by atoms with Crippen LogP contribution in [0.25, 0.3) is 0 Å². The molecule has 3 rings (SSSR count). The van der Waals surface area contributed by atoms with Gasteiger partial charge in [0.1, 0.15) is 0 Å². The lowest BCUT2D eigenvalue weighted by Crippen LogP contribution is -2.52. The molecule has 0 spiro atoms. The van der Waals surface area contributed by atoms with Crippen LogP contribution in [0.5, 0.6) is 0 Å². The highest BCUT2D eigenvalue weighted by Gasteiger charge is 2.19. The van der Waals surface area contributed by atoms with Crippen molar-refractivity contribution in [3.63, 3.8) is 0 Å². The molecule has 6 nitrogen and oxygen atoms in total. The minimum atomic E-state index is 1.01. The maximum Gasteiger partial charge on any atom is 0.193 e. The van der Waals surface area contributed by atoms with Crippen LogP contribution in [0.15, 0.2) is 35.3 Å². The van der Waals surface area contributed by atoms with Crippen molar-refractivity contribution in [2.75, 3.05) is 83.9 Å². The Labute approximate surface area is 171 Å². The fraction of sp³-hybridized carbons (Fsp3) is 0.682. The van der Waals surface area contributed by atoms with E-state index in [1.165, 1.54) is 57.8 Å². The molecule has 1 aromatic rings. The van der Waals surface area contributed by atoms with Crippen molar-refractivity contribution in [3.05, 3.63) is 30.3 Å². The second-order valence-corrected chi connectivity index (χ2v) is 7.77. The second kappa shape index (κ2) is 11.3. The molecule has 0 radical (unpaired) electrons. The summed E-state index contributed by atoms with van der Waals surface area (Å²) in [5.74, 6) is 1.06. The molecule has 6 heteroatoms. The third-order valence-electron chi connectivity index (χ3n) is 6.01. The number of hydrogen-bond donors (Lipinski definition) is 1. The van der Waals surface area contributed by atoms with Crippen LogP contribution in [0, 0.1) is 0 Å². The normalized spacial score (nSPS) is 19.9. The highest BCUT2D eigenvalue weighted by molar-refractivity contribution is 5.80. The van der Waals surface area contributed by atoms with E-state index in [9.17, 15) is 0 Å². The molecule has 2 heterocycles. The van der Waals surface area contributed by atoms with Crippen molar-refractivity contribution in [3.8, 4) is 0 Å². The maximum absolute atomic E-state index is 4.51. The zero-order chi connectivity index (χ0) is 19.6. The van der Waals surface area contributed by atoms with Gasteiger partial charge in [0.2, 0.25) is 0 Å². The van der Waals surface area contributed by atoms with Gasteiger partial charge in [0.25, 0.3) is 0 Å². The van der Waals surface area contributed by atoms with E-state index in [0.29, 0.717) is 0 Å². The van der Waals surface area contributed by atoms with Gasteiger partial charge in [0.15, 0.2) is 5.96 Å². The Balaban J connectivity index is 1.30. The van der Waals surface area contributed by atoms with E-state index in [1.54, 1.807) is 0 Å². The molecule has 2 saturated heterocycles. The number of likely N-dealkylation sites (N-methyl/N-ethyl adjacent to an activating group) is 1. The summed E-state index contributed by atoms with van der Waals surface area (Å²) in [5.41, 5.74) is 1.32. The first-order chi connectivity index (χ1) is 13.8. The molecule has 1 N–H and O–H groups in total. The number of unbranched alkanes of at least 4 members (excludes halogenated alkanes) is 1. The average Bonchev–Trinajstić information content (AvgIpc) is 2.77. The van der Waals surface area contributed by atoms with Crippen LogP contribution in [-0.2, 0) is 0 Å². The van der Waals surface area contributed by atoms with Crippen LogP contribution in [-0.4, -0.2) is 99.7 Å². The van der Waals surface area contributed by atoms with Gasteiger partial charge in [-0.15, -0.1) is 0 Å². The largest absolute Gasteiger partial charge is 0.368 e. The van der Waals surface area contributed by atoms with Crippen molar-refractivity contribution in [1.29, 1.82) is 0 Å². The molecule has 0 aliphatic carbocycles. The number of aliphatic imine (C=N–C) groups is 1. The van der Waals surface area contributed by atoms with Gasteiger partial charge in [-0.05, 0) is 38.1 Å².